The third kappa shape index (κ3) is 6.08. The van der Waals surface area contributed by atoms with Gasteiger partial charge in [0.2, 0.25) is 5.91 Å². The Kier molecular flexibility index (Phi) is 7.38. The van der Waals surface area contributed by atoms with Crippen molar-refractivity contribution in [3.8, 4) is 0 Å². The highest BCUT2D eigenvalue weighted by atomic mass is 32.2. The van der Waals surface area contributed by atoms with Crippen molar-refractivity contribution >= 4 is 21.6 Å². The van der Waals surface area contributed by atoms with Crippen LogP contribution in [-0.2, 0) is 14.8 Å². The van der Waals surface area contributed by atoms with Crippen molar-refractivity contribution in [2.24, 2.45) is 5.73 Å². The van der Waals surface area contributed by atoms with Gasteiger partial charge < -0.3 is 11.1 Å². The highest BCUT2D eigenvalue weighted by Crippen LogP contribution is 2.24. The van der Waals surface area contributed by atoms with E-state index < -0.39 is 10.0 Å². The fraction of sp³-hybridized carbons (Fsp3) is 0.350. The highest BCUT2D eigenvalue weighted by Gasteiger charge is 2.25. The molecule has 0 aliphatic carbocycles. The average molecular weight is 390 g/mol. The van der Waals surface area contributed by atoms with E-state index in [1.54, 1.807) is 42.5 Å². The van der Waals surface area contributed by atoms with Gasteiger partial charge in [-0.25, -0.2) is 8.42 Å². The second-order valence-electron chi connectivity index (χ2n) is 6.59. The first-order valence-corrected chi connectivity index (χ1v) is 10.4. The smallest absolute Gasteiger partial charge is 0.264 e. The van der Waals surface area contributed by atoms with Crippen LogP contribution in [0, 0.1) is 6.92 Å². The van der Waals surface area contributed by atoms with Gasteiger partial charge in [-0.05, 0) is 44.5 Å². The Hall–Kier alpha value is -2.38. The van der Waals surface area contributed by atoms with Crippen LogP contribution < -0.4 is 15.4 Å². The van der Waals surface area contributed by atoms with Crippen LogP contribution in [0.2, 0.25) is 0 Å². The molecule has 0 aromatic heterocycles. The Balaban J connectivity index is 2.18. The summed E-state index contributed by atoms with van der Waals surface area (Å²) < 4.78 is 27.5. The van der Waals surface area contributed by atoms with Crippen LogP contribution in [0.25, 0.3) is 0 Å². The number of rotatable bonds is 9. The van der Waals surface area contributed by atoms with E-state index in [0.717, 1.165) is 5.56 Å². The first-order chi connectivity index (χ1) is 12.8. The summed E-state index contributed by atoms with van der Waals surface area (Å²) in [4.78, 5) is 12.3. The summed E-state index contributed by atoms with van der Waals surface area (Å²) in [5, 5.41) is 2.78. The third-order valence-corrected chi connectivity index (χ3v) is 5.96. The zero-order valence-electron chi connectivity index (χ0n) is 15.8. The highest BCUT2D eigenvalue weighted by molar-refractivity contribution is 7.92. The maximum Gasteiger partial charge on any atom is 0.264 e. The van der Waals surface area contributed by atoms with Crippen molar-refractivity contribution < 1.29 is 13.2 Å². The van der Waals surface area contributed by atoms with E-state index in [1.165, 1.54) is 4.31 Å². The molecular formula is C20H27N3O3S. The summed E-state index contributed by atoms with van der Waals surface area (Å²) in [6, 6.07) is 15.5. The van der Waals surface area contributed by atoms with Crippen LogP contribution in [0.5, 0.6) is 0 Å². The average Bonchev–Trinajstić information content (AvgIpc) is 2.63. The van der Waals surface area contributed by atoms with Crippen LogP contribution >= 0.6 is 0 Å². The summed E-state index contributed by atoms with van der Waals surface area (Å²) in [6.45, 7) is 4.35. The fourth-order valence-electron chi connectivity index (χ4n) is 2.55. The molecule has 0 heterocycles. The summed E-state index contributed by atoms with van der Waals surface area (Å²) in [7, 11) is -3.76. The molecule has 0 bridgehead atoms. The second-order valence-corrected chi connectivity index (χ2v) is 8.45. The number of hydrogen-bond donors (Lipinski definition) is 2. The molecule has 1 atom stereocenters. The predicted octanol–water partition coefficient (Wildman–Crippen LogP) is 2.43. The van der Waals surface area contributed by atoms with Gasteiger partial charge in [-0.3, -0.25) is 9.10 Å². The van der Waals surface area contributed by atoms with Gasteiger partial charge in [-0.15, -0.1) is 0 Å². The summed E-state index contributed by atoms with van der Waals surface area (Å²) in [6.07, 6.45) is 0.745. The minimum absolute atomic E-state index is 0.00724. The Morgan fingerprint density at radius 2 is 1.74 bits per heavy atom. The maximum atomic E-state index is 13.1. The first-order valence-electron chi connectivity index (χ1n) is 8.97. The van der Waals surface area contributed by atoms with Crippen molar-refractivity contribution in [1.29, 1.82) is 0 Å². The van der Waals surface area contributed by atoms with E-state index >= 15 is 0 Å². The number of anilines is 1. The maximum absolute atomic E-state index is 13.1. The molecule has 2 aromatic rings. The zero-order chi connectivity index (χ0) is 19.9. The van der Waals surface area contributed by atoms with Gasteiger partial charge in [0.1, 0.15) is 0 Å². The lowest BCUT2D eigenvalue weighted by molar-refractivity contribution is -0.120. The largest absolute Gasteiger partial charge is 0.356 e. The molecule has 2 aromatic carbocycles. The molecule has 0 radical (unpaired) electrons. The van der Waals surface area contributed by atoms with Crippen molar-refractivity contribution in [2.45, 2.75) is 37.6 Å². The molecule has 146 valence electrons. The number of sulfonamides is 1. The lowest BCUT2D eigenvalue weighted by atomic mass is 10.2. The topological polar surface area (TPSA) is 92.5 Å². The van der Waals surface area contributed by atoms with Gasteiger partial charge >= 0.3 is 0 Å². The van der Waals surface area contributed by atoms with Crippen molar-refractivity contribution in [2.75, 3.05) is 17.4 Å². The minimum atomic E-state index is -3.76. The first kappa shape index (κ1) is 20.9. The summed E-state index contributed by atoms with van der Waals surface area (Å²) in [5.74, 6) is -0.198. The quantitative estimate of drug-likeness (QED) is 0.689. The standard InChI is InChI=1S/C20H27N3O3S/c1-16-8-10-18(11-9-16)23(15-13-20(24)22-14-12-17(2)21)27(25,26)19-6-4-3-5-7-19/h3-11,17H,12-15,21H2,1-2H3,(H,22,24). The van der Waals surface area contributed by atoms with Crippen LogP contribution in [-0.4, -0.2) is 33.5 Å². The molecule has 1 amide bonds. The van der Waals surface area contributed by atoms with Crippen LogP contribution in [0.1, 0.15) is 25.3 Å². The minimum Gasteiger partial charge on any atom is -0.356 e. The number of nitrogens with zero attached hydrogens (tertiary/aromatic N) is 1. The molecule has 1 unspecified atom stereocenters. The van der Waals surface area contributed by atoms with E-state index in [1.807, 2.05) is 26.0 Å². The summed E-state index contributed by atoms with van der Waals surface area (Å²) in [5.41, 5.74) is 7.24. The summed E-state index contributed by atoms with van der Waals surface area (Å²) >= 11 is 0. The molecule has 0 saturated heterocycles. The molecule has 0 aliphatic rings. The molecule has 7 heteroatoms. The molecular weight excluding hydrogens is 362 g/mol. The van der Waals surface area contributed by atoms with Crippen LogP contribution in [0.3, 0.4) is 0 Å². The number of hydrogen-bond acceptors (Lipinski definition) is 4. The molecule has 0 aliphatic heterocycles. The van der Waals surface area contributed by atoms with Gasteiger partial charge in [0.05, 0.1) is 10.6 Å². The lowest BCUT2D eigenvalue weighted by Gasteiger charge is -2.24. The van der Waals surface area contributed by atoms with Gasteiger partial charge in [-0.1, -0.05) is 35.9 Å². The molecule has 27 heavy (non-hydrogen) atoms. The Bertz CT molecular complexity index is 835. The molecule has 3 N–H and O–H groups in total. The van der Waals surface area contributed by atoms with Crippen LogP contribution in [0.4, 0.5) is 5.69 Å². The van der Waals surface area contributed by atoms with E-state index in [4.69, 9.17) is 5.73 Å². The molecule has 0 spiro atoms. The number of benzene rings is 2. The number of nitrogens with one attached hydrogen (secondary N) is 1. The molecule has 6 nitrogen and oxygen atoms in total. The van der Waals surface area contributed by atoms with Gasteiger partial charge in [0, 0.05) is 25.6 Å². The lowest BCUT2D eigenvalue weighted by Crippen LogP contribution is -2.36. The monoisotopic (exact) mass is 389 g/mol. The number of amides is 1. The van der Waals surface area contributed by atoms with Crippen LogP contribution in [0.15, 0.2) is 59.5 Å². The van der Waals surface area contributed by atoms with E-state index in [9.17, 15) is 13.2 Å². The normalized spacial score (nSPS) is 12.4. The Morgan fingerprint density at radius 1 is 1.11 bits per heavy atom. The zero-order valence-corrected chi connectivity index (χ0v) is 16.6. The second kappa shape index (κ2) is 9.53. The van der Waals surface area contributed by atoms with Gasteiger partial charge in [0.25, 0.3) is 10.0 Å². The molecule has 0 saturated carbocycles. The van der Waals surface area contributed by atoms with Crippen molar-refractivity contribution in [1.82, 2.24) is 5.32 Å². The van der Waals surface area contributed by atoms with E-state index in [-0.39, 0.29) is 29.8 Å². The van der Waals surface area contributed by atoms with Gasteiger partial charge in [-0.2, -0.15) is 0 Å². The SMILES string of the molecule is Cc1ccc(N(CCC(=O)NCCC(C)N)S(=O)(=O)c2ccccc2)cc1. The van der Waals surface area contributed by atoms with Crippen molar-refractivity contribution in [3.63, 3.8) is 0 Å². The number of carbonyl (C=O) groups is 1. The van der Waals surface area contributed by atoms with Gasteiger partial charge in [0.15, 0.2) is 0 Å². The number of carbonyl (C=O) groups excluding carboxylic acids is 1. The van der Waals surface area contributed by atoms with Crippen molar-refractivity contribution in [3.05, 3.63) is 60.2 Å². The predicted molar refractivity (Wildman–Crippen MR) is 108 cm³/mol. The fourth-order valence-corrected chi connectivity index (χ4v) is 4.04. The third-order valence-electron chi connectivity index (χ3n) is 4.12. The molecule has 0 fully saturated rings. The Labute approximate surface area is 161 Å². The number of aryl methyl sites for hydroxylation is 1. The van der Waals surface area contributed by atoms with E-state index in [2.05, 4.69) is 5.32 Å². The Morgan fingerprint density at radius 3 is 2.33 bits per heavy atom. The molecule has 2 rings (SSSR count). The number of nitrogens with two attached hydrogens (primary N) is 1. The van der Waals surface area contributed by atoms with E-state index in [0.29, 0.717) is 18.7 Å².